The van der Waals surface area contributed by atoms with Gasteiger partial charge in [-0.3, -0.25) is 0 Å². The molecule has 4 heteroatoms. The molecule has 0 bridgehead atoms. The van der Waals surface area contributed by atoms with E-state index in [1.807, 2.05) is 43.2 Å². The molecule has 2 rings (SSSR count). The molecule has 0 saturated heterocycles. The van der Waals surface area contributed by atoms with Crippen molar-refractivity contribution in [2.75, 3.05) is 13.7 Å². The Morgan fingerprint density at radius 2 is 2.05 bits per heavy atom. The molecule has 1 aromatic carbocycles. The quantitative estimate of drug-likeness (QED) is 0.840. The van der Waals surface area contributed by atoms with Crippen LogP contribution in [0.25, 0.3) is 0 Å². The van der Waals surface area contributed by atoms with E-state index in [0.717, 1.165) is 24.4 Å². The SMILES string of the molecule is CNC(C)Cc1ccc(OCCc2nccn2C)cc1. The average molecular weight is 273 g/mol. The Kier molecular flexibility index (Phi) is 5.18. The van der Waals surface area contributed by atoms with Gasteiger partial charge in [0.15, 0.2) is 0 Å². The predicted molar refractivity (Wildman–Crippen MR) is 81.1 cm³/mol. The van der Waals surface area contributed by atoms with Crippen LogP contribution in [0.4, 0.5) is 0 Å². The fourth-order valence-electron chi connectivity index (χ4n) is 2.07. The van der Waals surface area contributed by atoms with E-state index < -0.39 is 0 Å². The van der Waals surface area contributed by atoms with E-state index >= 15 is 0 Å². The van der Waals surface area contributed by atoms with E-state index in [9.17, 15) is 0 Å². The Labute approximate surface area is 120 Å². The molecule has 0 aliphatic carbocycles. The molecule has 1 heterocycles. The Morgan fingerprint density at radius 1 is 1.30 bits per heavy atom. The fourth-order valence-corrected chi connectivity index (χ4v) is 2.07. The number of ether oxygens (including phenoxy) is 1. The maximum Gasteiger partial charge on any atom is 0.119 e. The average Bonchev–Trinajstić information content (AvgIpc) is 2.86. The van der Waals surface area contributed by atoms with Crippen LogP contribution in [0.1, 0.15) is 18.3 Å². The minimum absolute atomic E-state index is 0.491. The number of imidazole rings is 1. The first-order chi connectivity index (χ1) is 9.69. The van der Waals surface area contributed by atoms with Crippen LogP contribution in [0.15, 0.2) is 36.7 Å². The van der Waals surface area contributed by atoms with E-state index in [0.29, 0.717) is 12.6 Å². The molecule has 0 fully saturated rings. The van der Waals surface area contributed by atoms with Crippen LogP contribution >= 0.6 is 0 Å². The fraction of sp³-hybridized carbons (Fsp3) is 0.438. The highest BCUT2D eigenvalue weighted by atomic mass is 16.5. The van der Waals surface area contributed by atoms with Crippen LogP contribution in [0, 0.1) is 0 Å². The standard InChI is InChI=1S/C16H23N3O/c1-13(17-2)12-14-4-6-15(7-5-14)20-11-8-16-18-9-10-19(16)3/h4-7,9-10,13,17H,8,11-12H2,1-3H3. The van der Waals surface area contributed by atoms with Crippen molar-refractivity contribution in [3.8, 4) is 5.75 Å². The van der Waals surface area contributed by atoms with Gasteiger partial charge in [0.1, 0.15) is 11.6 Å². The number of benzene rings is 1. The van der Waals surface area contributed by atoms with Crippen molar-refractivity contribution < 1.29 is 4.74 Å². The third-order valence-corrected chi connectivity index (χ3v) is 3.47. The first-order valence-corrected chi connectivity index (χ1v) is 7.04. The number of nitrogens with one attached hydrogen (secondary N) is 1. The summed E-state index contributed by atoms with van der Waals surface area (Å²) in [5, 5.41) is 3.24. The van der Waals surface area contributed by atoms with Gasteiger partial charge in [0.05, 0.1) is 6.61 Å². The molecule has 4 nitrogen and oxygen atoms in total. The van der Waals surface area contributed by atoms with Gasteiger partial charge in [0.2, 0.25) is 0 Å². The maximum absolute atomic E-state index is 5.75. The van der Waals surface area contributed by atoms with Gasteiger partial charge in [0.25, 0.3) is 0 Å². The van der Waals surface area contributed by atoms with E-state index in [-0.39, 0.29) is 0 Å². The molecule has 0 aliphatic heterocycles. The zero-order valence-electron chi connectivity index (χ0n) is 12.5. The lowest BCUT2D eigenvalue weighted by Gasteiger charge is -2.11. The van der Waals surface area contributed by atoms with Crippen LogP contribution in [-0.4, -0.2) is 29.2 Å². The topological polar surface area (TPSA) is 39.1 Å². The zero-order chi connectivity index (χ0) is 14.4. The van der Waals surface area contributed by atoms with Crippen LogP contribution < -0.4 is 10.1 Å². The minimum Gasteiger partial charge on any atom is -0.493 e. The predicted octanol–water partition coefficient (Wildman–Crippen LogP) is 2.19. The third kappa shape index (κ3) is 4.10. The summed E-state index contributed by atoms with van der Waals surface area (Å²) in [6.45, 7) is 2.83. The molecular formula is C16H23N3O. The van der Waals surface area contributed by atoms with Gasteiger partial charge >= 0.3 is 0 Å². The van der Waals surface area contributed by atoms with Crippen molar-refractivity contribution in [2.24, 2.45) is 7.05 Å². The number of aryl methyl sites for hydroxylation is 1. The molecule has 1 aromatic heterocycles. The highest BCUT2D eigenvalue weighted by Crippen LogP contribution is 2.13. The van der Waals surface area contributed by atoms with Gasteiger partial charge in [-0.05, 0) is 38.1 Å². The van der Waals surface area contributed by atoms with Crippen molar-refractivity contribution in [3.05, 3.63) is 48.0 Å². The summed E-state index contributed by atoms with van der Waals surface area (Å²) in [5.41, 5.74) is 1.32. The van der Waals surface area contributed by atoms with Crippen molar-refractivity contribution in [1.29, 1.82) is 0 Å². The maximum atomic E-state index is 5.75. The largest absolute Gasteiger partial charge is 0.493 e. The third-order valence-electron chi connectivity index (χ3n) is 3.47. The van der Waals surface area contributed by atoms with E-state index in [4.69, 9.17) is 4.74 Å². The van der Waals surface area contributed by atoms with E-state index in [1.54, 1.807) is 0 Å². The van der Waals surface area contributed by atoms with Crippen LogP contribution in [0.2, 0.25) is 0 Å². The molecule has 1 atom stereocenters. The summed E-state index contributed by atoms with van der Waals surface area (Å²) < 4.78 is 7.77. The molecule has 0 saturated carbocycles. The van der Waals surface area contributed by atoms with Gasteiger partial charge in [-0.25, -0.2) is 4.98 Å². The van der Waals surface area contributed by atoms with Gasteiger partial charge in [0, 0.05) is 31.9 Å². The van der Waals surface area contributed by atoms with Crippen LogP contribution in [0.5, 0.6) is 5.75 Å². The van der Waals surface area contributed by atoms with Crippen LogP contribution in [0.3, 0.4) is 0 Å². The van der Waals surface area contributed by atoms with E-state index in [2.05, 4.69) is 29.4 Å². The van der Waals surface area contributed by atoms with Crippen molar-refractivity contribution in [3.63, 3.8) is 0 Å². The molecule has 1 unspecified atom stereocenters. The second-order valence-corrected chi connectivity index (χ2v) is 5.09. The number of hydrogen-bond donors (Lipinski definition) is 1. The summed E-state index contributed by atoms with van der Waals surface area (Å²) in [7, 11) is 3.99. The monoisotopic (exact) mass is 273 g/mol. The number of nitrogens with zero attached hydrogens (tertiary/aromatic N) is 2. The molecule has 0 amide bonds. The van der Waals surface area contributed by atoms with Crippen molar-refractivity contribution >= 4 is 0 Å². The molecule has 0 aliphatic rings. The summed E-state index contributed by atoms with van der Waals surface area (Å²) in [6.07, 6.45) is 5.62. The molecule has 0 radical (unpaired) electrons. The highest BCUT2D eigenvalue weighted by molar-refractivity contribution is 5.27. The highest BCUT2D eigenvalue weighted by Gasteiger charge is 2.02. The minimum atomic E-state index is 0.491. The van der Waals surface area contributed by atoms with Gasteiger partial charge in [-0.15, -0.1) is 0 Å². The zero-order valence-corrected chi connectivity index (χ0v) is 12.5. The lowest BCUT2D eigenvalue weighted by atomic mass is 10.1. The lowest BCUT2D eigenvalue weighted by Crippen LogP contribution is -2.23. The van der Waals surface area contributed by atoms with Crippen molar-refractivity contribution in [1.82, 2.24) is 14.9 Å². The summed E-state index contributed by atoms with van der Waals surface area (Å²) >= 11 is 0. The Bertz CT molecular complexity index is 519. The Morgan fingerprint density at radius 3 is 2.65 bits per heavy atom. The second-order valence-electron chi connectivity index (χ2n) is 5.09. The van der Waals surface area contributed by atoms with Gasteiger partial charge in [-0.1, -0.05) is 12.1 Å². The molecule has 0 spiro atoms. The van der Waals surface area contributed by atoms with Gasteiger partial charge < -0.3 is 14.6 Å². The Hall–Kier alpha value is -1.81. The molecule has 20 heavy (non-hydrogen) atoms. The molecule has 1 N–H and O–H groups in total. The second kappa shape index (κ2) is 7.10. The van der Waals surface area contributed by atoms with Gasteiger partial charge in [-0.2, -0.15) is 0 Å². The smallest absolute Gasteiger partial charge is 0.119 e. The van der Waals surface area contributed by atoms with Crippen molar-refractivity contribution in [2.45, 2.75) is 25.8 Å². The van der Waals surface area contributed by atoms with E-state index in [1.165, 1.54) is 5.56 Å². The summed E-state index contributed by atoms with van der Waals surface area (Å²) in [4.78, 5) is 4.28. The molecule has 2 aromatic rings. The normalized spacial score (nSPS) is 12.3. The lowest BCUT2D eigenvalue weighted by molar-refractivity contribution is 0.317. The number of hydrogen-bond acceptors (Lipinski definition) is 3. The summed E-state index contributed by atoms with van der Waals surface area (Å²) in [5.74, 6) is 1.96. The molecule has 108 valence electrons. The number of rotatable bonds is 7. The first kappa shape index (κ1) is 14.6. The summed E-state index contributed by atoms with van der Waals surface area (Å²) in [6, 6.07) is 8.82. The first-order valence-electron chi connectivity index (χ1n) is 7.04. The number of likely N-dealkylation sites (N-methyl/N-ethyl adjacent to an activating group) is 1. The van der Waals surface area contributed by atoms with Crippen LogP contribution in [-0.2, 0) is 19.9 Å². The Balaban J connectivity index is 1.80. The number of aromatic nitrogens is 2. The molecular weight excluding hydrogens is 250 g/mol.